The van der Waals surface area contributed by atoms with E-state index in [2.05, 4.69) is 5.32 Å². The maximum absolute atomic E-state index is 13.3. The summed E-state index contributed by atoms with van der Waals surface area (Å²) in [4.78, 5) is 22.3. The van der Waals surface area contributed by atoms with Crippen molar-refractivity contribution in [3.63, 3.8) is 0 Å². The molecular formula is C16H14ClFN2O4S. The van der Waals surface area contributed by atoms with Crippen molar-refractivity contribution < 1.29 is 18.8 Å². The average molecular weight is 385 g/mol. The Kier molecular flexibility index (Phi) is 6.60. The van der Waals surface area contributed by atoms with E-state index in [1.54, 1.807) is 6.07 Å². The van der Waals surface area contributed by atoms with E-state index in [-0.39, 0.29) is 28.1 Å². The van der Waals surface area contributed by atoms with E-state index in [1.165, 1.54) is 43.1 Å². The maximum Gasteiger partial charge on any atom is 0.311 e. The number of carbonyl (C=O) groups is 1. The Morgan fingerprint density at radius 1 is 1.36 bits per heavy atom. The van der Waals surface area contributed by atoms with Gasteiger partial charge in [0.2, 0.25) is 5.91 Å². The SMILES string of the molecule is COc1ccc(CSCC(=O)Nc2ccc(Cl)c(F)c2)cc1[N+](=O)[O-]. The molecule has 25 heavy (non-hydrogen) atoms. The minimum Gasteiger partial charge on any atom is -0.490 e. The Labute approximate surface area is 152 Å². The summed E-state index contributed by atoms with van der Waals surface area (Å²) in [7, 11) is 1.36. The summed E-state index contributed by atoms with van der Waals surface area (Å²) in [6, 6.07) is 8.63. The smallest absolute Gasteiger partial charge is 0.311 e. The molecule has 0 saturated carbocycles. The molecule has 0 fully saturated rings. The van der Waals surface area contributed by atoms with Crippen LogP contribution in [-0.2, 0) is 10.5 Å². The molecule has 0 aliphatic rings. The lowest BCUT2D eigenvalue weighted by atomic mass is 10.2. The number of benzene rings is 2. The second kappa shape index (κ2) is 8.68. The molecule has 1 amide bonds. The molecule has 0 aliphatic heterocycles. The van der Waals surface area contributed by atoms with Crippen LogP contribution < -0.4 is 10.1 Å². The maximum atomic E-state index is 13.3. The summed E-state index contributed by atoms with van der Waals surface area (Å²) in [5.41, 5.74) is 0.886. The first-order valence-corrected chi connectivity index (χ1v) is 8.58. The fourth-order valence-electron chi connectivity index (χ4n) is 2.00. The van der Waals surface area contributed by atoms with Gasteiger partial charge in [-0.2, -0.15) is 0 Å². The predicted octanol–water partition coefficient (Wildman–Crippen LogP) is 4.27. The Hall–Kier alpha value is -2.32. The number of carbonyl (C=O) groups excluding carboxylic acids is 1. The van der Waals surface area contributed by atoms with Crippen LogP contribution in [0.25, 0.3) is 0 Å². The van der Waals surface area contributed by atoms with E-state index in [0.717, 1.165) is 6.07 Å². The van der Waals surface area contributed by atoms with Crippen molar-refractivity contribution >= 4 is 40.6 Å². The molecular weight excluding hydrogens is 371 g/mol. The van der Waals surface area contributed by atoms with Gasteiger partial charge in [-0.05, 0) is 29.8 Å². The highest BCUT2D eigenvalue weighted by Crippen LogP contribution is 2.29. The fraction of sp³-hybridized carbons (Fsp3) is 0.188. The van der Waals surface area contributed by atoms with Crippen molar-refractivity contribution in [2.45, 2.75) is 5.75 Å². The van der Waals surface area contributed by atoms with Gasteiger partial charge in [0, 0.05) is 17.5 Å². The Morgan fingerprint density at radius 2 is 2.12 bits per heavy atom. The van der Waals surface area contributed by atoms with E-state index in [0.29, 0.717) is 17.0 Å². The molecule has 0 saturated heterocycles. The number of thioether (sulfide) groups is 1. The van der Waals surface area contributed by atoms with Crippen LogP contribution in [0, 0.1) is 15.9 Å². The number of halogens is 2. The van der Waals surface area contributed by atoms with Gasteiger partial charge in [-0.1, -0.05) is 17.7 Å². The number of ether oxygens (including phenoxy) is 1. The summed E-state index contributed by atoms with van der Waals surface area (Å²) in [5, 5.41) is 13.5. The van der Waals surface area contributed by atoms with Gasteiger partial charge in [0.25, 0.3) is 0 Å². The van der Waals surface area contributed by atoms with Crippen LogP contribution in [0.1, 0.15) is 5.56 Å². The molecule has 2 aromatic rings. The third kappa shape index (κ3) is 5.33. The van der Waals surface area contributed by atoms with Crippen LogP contribution in [0.5, 0.6) is 5.75 Å². The number of hydrogen-bond acceptors (Lipinski definition) is 5. The number of rotatable bonds is 7. The minimum atomic E-state index is -0.613. The lowest BCUT2D eigenvalue weighted by Gasteiger charge is -2.07. The van der Waals surface area contributed by atoms with Crippen molar-refractivity contribution in [2.75, 3.05) is 18.2 Å². The lowest BCUT2D eigenvalue weighted by molar-refractivity contribution is -0.385. The number of methoxy groups -OCH3 is 1. The van der Waals surface area contributed by atoms with Gasteiger partial charge in [-0.25, -0.2) is 4.39 Å². The van der Waals surface area contributed by atoms with Crippen molar-refractivity contribution in [3.8, 4) is 5.75 Å². The van der Waals surface area contributed by atoms with Crippen molar-refractivity contribution in [3.05, 3.63) is 62.9 Å². The molecule has 0 bridgehead atoms. The highest BCUT2D eigenvalue weighted by Gasteiger charge is 2.15. The molecule has 0 aromatic heterocycles. The van der Waals surface area contributed by atoms with E-state index < -0.39 is 10.7 Å². The van der Waals surface area contributed by atoms with Crippen LogP contribution in [0.15, 0.2) is 36.4 Å². The molecule has 132 valence electrons. The number of nitrogens with zero attached hydrogens (tertiary/aromatic N) is 1. The first-order valence-electron chi connectivity index (χ1n) is 7.04. The predicted molar refractivity (Wildman–Crippen MR) is 95.9 cm³/mol. The molecule has 0 heterocycles. The first-order chi connectivity index (χ1) is 11.9. The summed E-state index contributed by atoms with van der Waals surface area (Å²) >= 11 is 6.86. The third-order valence-electron chi connectivity index (χ3n) is 3.15. The van der Waals surface area contributed by atoms with E-state index in [4.69, 9.17) is 16.3 Å². The van der Waals surface area contributed by atoms with Crippen molar-refractivity contribution in [2.24, 2.45) is 0 Å². The van der Waals surface area contributed by atoms with Crippen LogP contribution in [0.2, 0.25) is 5.02 Å². The van der Waals surface area contributed by atoms with Gasteiger partial charge < -0.3 is 10.1 Å². The van der Waals surface area contributed by atoms with E-state index in [1.807, 2.05) is 0 Å². The summed E-state index contributed by atoms with van der Waals surface area (Å²) in [6.07, 6.45) is 0. The van der Waals surface area contributed by atoms with Gasteiger partial charge in [0.1, 0.15) is 5.82 Å². The van der Waals surface area contributed by atoms with E-state index >= 15 is 0 Å². The molecule has 9 heteroatoms. The quantitative estimate of drug-likeness (QED) is 0.569. The van der Waals surface area contributed by atoms with Crippen LogP contribution in [-0.4, -0.2) is 23.7 Å². The first kappa shape index (κ1) is 19.0. The molecule has 6 nitrogen and oxygen atoms in total. The number of nitrogens with one attached hydrogen (secondary N) is 1. The largest absolute Gasteiger partial charge is 0.490 e. The van der Waals surface area contributed by atoms with Crippen molar-refractivity contribution in [1.29, 1.82) is 0 Å². The molecule has 0 aliphatic carbocycles. The molecule has 0 spiro atoms. The second-order valence-corrected chi connectivity index (χ2v) is 6.33. The summed E-state index contributed by atoms with van der Waals surface area (Å²) < 4.78 is 18.3. The number of nitro groups is 1. The molecule has 2 rings (SSSR count). The normalized spacial score (nSPS) is 10.4. The van der Waals surface area contributed by atoms with Crippen LogP contribution in [0.3, 0.4) is 0 Å². The Bertz CT molecular complexity index is 804. The van der Waals surface area contributed by atoms with Crippen molar-refractivity contribution in [1.82, 2.24) is 0 Å². The number of nitro benzene ring substituents is 1. The Morgan fingerprint density at radius 3 is 2.76 bits per heavy atom. The lowest BCUT2D eigenvalue weighted by Crippen LogP contribution is -2.14. The zero-order valence-corrected chi connectivity index (χ0v) is 14.7. The summed E-state index contributed by atoms with van der Waals surface area (Å²) in [5.74, 6) is -0.217. The summed E-state index contributed by atoms with van der Waals surface area (Å²) in [6.45, 7) is 0. The third-order valence-corrected chi connectivity index (χ3v) is 4.46. The second-order valence-electron chi connectivity index (χ2n) is 4.93. The number of amides is 1. The van der Waals surface area contributed by atoms with Crippen LogP contribution >= 0.6 is 23.4 Å². The van der Waals surface area contributed by atoms with Gasteiger partial charge >= 0.3 is 5.69 Å². The van der Waals surface area contributed by atoms with Gasteiger partial charge in [0.15, 0.2) is 5.75 Å². The topological polar surface area (TPSA) is 81.5 Å². The zero-order valence-electron chi connectivity index (χ0n) is 13.1. The monoisotopic (exact) mass is 384 g/mol. The molecule has 0 radical (unpaired) electrons. The van der Waals surface area contributed by atoms with Gasteiger partial charge in [0.05, 0.1) is 22.8 Å². The molecule has 2 aromatic carbocycles. The molecule has 0 atom stereocenters. The zero-order chi connectivity index (χ0) is 18.4. The average Bonchev–Trinajstić information content (AvgIpc) is 2.58. The highest BCUT2D eigenvalue weighted by molar-refractivity contribution is 7.99. The Balaban J connectivity index is 1.89. The highest BCUT2D eigenvalue weighted by atomic mass is 35.5. The fourth-order valence-corrected chi connectivity index (χ4v) is 2.89. The molecule has 1 N–H and O–H groups in total. The minimum absolute atomic E-state index is 0.0199. The number of anilines is 1. The van der Waals surface area contributed by atoms with Gasteiger partial charge in [-0.15, -0.1) is 11.8 Å². The standard InChI is InChI=1S/C16H14ClFN2O4S/c1-24-15-5-2-10(6-14(15)20(22)23)8-25-9-16(21)19-11-3-4-12(17)13(18)7-11/h2-7H,8-9H2,1H3,(H,19,21). The van der Waals surface area contributed by atoms with Gasteiger partial charge in [-0.3, -0.25) is 14.9 Å². The molecule has 0 unspecified atom stereocenters. The van der Waals surface area contributed by atoms with E-state index in [9.17, 15) is 19.3 Å². The number of hydrogen-bond donors (Lipinski definition) is 1. The van der Waals surface area contributed by atoms with Crippen LogP contribution in [0.4, 0.5) is 15.8 Å².